The molecular weight excluding hydrogens is 362 g/mol. The van der Waals surface area contributed by atoms with Crippen molar-refractivity contribution in [1.29, 1.82) is 0 Å². The second-order valence-electron chi connectivity index (χ2n) is 7.27. The first kappa shape index (κ1) is 21.5. The summed E-state index contributed by atoms with van der Waals surface area (Å²) in [6, 6.07) is 10.8. The van der Waals surface area contributed by atoms with E-state index in [4.69, 9.17) is 0 Å². The van der Waals surface area contributed by atoms with Crippen molar-refractivity contribution < 1.29 is 18.4 Å². The Hall–Kier alpha value is -2.76. The molecule has 2 aromatic rings. The Morgan fingerprint density at radius 1 is 0.893 bits per heavy atom. The van der Waals surface area contributed by atoms with E-state index in [0.717, 1.165) is 5.56 Å². The summed E-state index contributed by atoms with van der Waals surface area (Å²) in [6.07, 6.45) is 0.0449. The van der Waals surface area contributed by atoms with Crippen molar-refractivity contribution in [2.24, 2.45) is 5.92 Å². The van der Waals surface area contributed by atoms with E-state index in [1.165, 1.54) is 29.2 Å². The third kappa shape index (κ3) is 6.44. The van der Waals surface area contributed by atoms with Gasteiger partial charge in [0.05, 0.1) is 6.42 Å². The van der Waals surface area contributed by atoms with E-state index in [9.17, 15) is 18.4 Å². The molecule has 0 unspecified atom stereocenters. The lowest BCUT2D eigenvalue weighted by molar-refractivity contribution is -0.140. The molecule has 0 aliphatic carbocycles. The van der Waals surface area contributed by atoms with Gasteiger partial charge < -0.3 is 10.2 Å². The molecule has 1 atom stereocenters. The Morgan fingerprint density at radius 2 is 1.39 bits per heavy atom. The van der Waals surface area contributed by atoms with Crippen molar-refractivity contribution >= 4 is 11.8 Å². The summed E-state index contributed by atoms with van der Waals surface area (Å²) in [4.78, 5) is 26.9. The van der Waals surface area contributed by atoms with Gasteiger partial charge in [0.2, 0.25) is 11.8 Å². The van der Waals surface area contributed by atoms with E-state index in [-0.39, 0.29) is 42.3 Å². The van der Waals surface area contributed by atoms with Crippen molar-refractivity contribution in [3.05, 3.63) is 71.3 Å². The van der Waals surface area contributed by atoms with Gasteiger partial charge in [-0.2, -0.15) is 0 Å². The van der Waals surface area contributed by atoms with E-state index in [1.54, 1.807) is 31.2 Å². The van der Waals surface area contributed by atoms with Crippen LogP contribution >= 0.6 is 0 Å². The molecular formula is C22H26F2N2O2. The lowest BCUT2D eigenvalue weighted by Crippen LogP contribution is -2.48. The minimum atomic E-state index is -0.697. The van der Waals surface area contributed by atoms with Gasteiger partial charge in [-0.25, -0.2) is 8.78 Å². The first-order valence-corrected chi connectivity index (χ1v) is 9.32. The fourth-order valence-corrected chi connectivity index (χ4v) is 2.70. The first-order valence-electron chi connectivity index (χ1n) is 9.32. The van der Waals surface area contributed by atoms with E-state index >= 15 is 0 Å². The highest BCUT2D eigenvalue weighted by Gasteiger charge is 2.26. The van der Waals surface area contributed by atoms with Crippen LogP contribution in [0, 0.1) is 17.6 Å². The summed E-state index contributed by atoms with van der Waals surface area (Å²) in [6.45, 7) is 6.33. The molecule has 0 aliphatic rings. The van der Waals surface area contributed by atoms with Crippen molar-refractivity contribution in [3.63, 3.8) is 0 Å². The molecule has 0 fully saturated rings. The molecule has 2 amide bonds. The van der Waals surface area contributed by atoms with Gasteiger partial charge in [-0.05, 0) is 48.2 Å². The van der Waals surface area contributed by atoms with Crippen molar-refractivity contribution in [3.8, 4) is 0 Å². The minimum absolute atomic E-state index is 0.0449. The molecule has 0 saturated carbocycles. The van der Waals surface area contributed by atoms with Crippen LogP contribution in [0.15, 0.2) is 48.5 Å². The zero-order valence-electron chi connectivity index (χ0n) is 16.4. The first-order chi connectivity index (χ1) is 13.3. The Kier molecular flexibility index (Phi) is 7.67. The largest absolute Gasteiger partial charge is 0.354 e. The maximum absolute atomic E-state index is 13.2. The average molecular weight is 388 g/mol. The molecule has 28 heavy (non-hydrogen) atoms. The average Bonchev–Trinajstić information content (AvgIpc) is 2.66. The zero-order chi connectivity index (χ0) is 20.7. The van der Waals surface area contributed by atoms with E-state index < -0.39 is 6.04 Å². The van der Waals surface area contributed by atoms with Crippen LogP contribution in [0.2, 0.25) is 0 Å². The fraction of sp³-hybridized carbons (Fsp3) is 0.364. The van der Waals surface area contributed by atoms with Gasteiger partial charge >= 0.3 is 0 Å². The molecule has 2 aromatic carbocycles. The number of carbonyl (C=O) groups is 2. The van der Waals surface area contributed by atoms with Crippen LogP contribution in [-0.4, -0.2) is 29.3 Å². The Morgan fingerprint density at radius 3 is 1.89 bits per heavy atom. The highest BCUT2D eigenvalue weighted by atomic mass is 19.1. The molecule has 150 valence electrons. The number of amides is 2. The van der Waals surface area contributed by atoms with E-state index in [0.29, 0.717) is 12.1 Å². The molecule has 1 N–H and O–H groups in total. The molecule has 0 aromatic heterocycles. The maximum atomic E-state index is 13.2. The Labute approximate surface area is 164 Å². The third-order valence-corrected chi connectivity index (χ3v) is 4.39. The summed E-state index contributed by atoms with van der Waals surface area (Å²) >= 11 is 0. The summed E-state index contributed by atoms with van der Waals surface area (Å²) < 4.78 is 26.3. The normalized spacial score (nSPS) is 11.9. The van der Waals surface area contributed by atoms with Crippen LogP contribution in [0.25, 0.3) is 0 Å². The lowest BCUT2D eigenvalue weighted by Gasteiger charge is -2.29. The van der Waals surface area contributed by atoms with Crippen LogP contribution in [0.3, 0.4) is 0 Å². The SMILES string of the molecule is CC(C)CNC(=O)[C@H](C)N(Cc1ccc(F)cc1)C(=O)Cc1ccc(F)cc1. The third-order valence-electron chi connectivity index (χ3n) is 4.39. The van der Waals surface area contributed by atoms with Crippen LogP contribution in [0.1, 0.15) is 31.9 Å². The summed E-state index contributed by atoms with van der Waals surface area (Å²) in [5.41, 5.74) is 1.38. The second kappa shape index (κ2) is 9.97. The number of benzene rings is 2. The molecule has 4 nitrogen and oxygen atoms in total. The highest BCUT2D eigenvalue weighted by Crippen LogP contribution is 2.14. The smallest absolute Gasteiger partial charge is 0.242 e. The number of nitrogens with one attached hydrogen (secondary N) is 1. The van der Waals surface area contributed by atoms with Gasteiger partial charge in [-0.1, -0.05) is 38.1 Å². The number of hydrogen-bond donors (Lipinski definition) is 1. The van der Waals surface area contributed by atoms with Gasteiger partial charge in [-0.3, -0.25) is 9.59 Å². The summed E-state index contributed by atoms with van der Waals surface area (Å²) in [5.74, 6) is -0.959. The Balaban J connectivity index is 2.18. The fourth-order valence-electron chi connectivity index (χ4n) is 2.70. The van der Waals surface area contributed by atoms with Gasteiger partial charge in [0, 0.05) is 13.1 Å². The molecule has 0 spiro atoms. The van der Waals surface area contributed by atoms with Crippen LogP contribution in [-0.2, 0) is 22.6 Å². The molecule has 0 bridgehead atoms. The second-order valence-corrected chi connectivity index (χ2v) is 7.27. The van der Waals surface area contributed by atoms with Crippen LogP contribution < -0.4 is 5.32 Å². The molecule has 0 heterocycles. The molecule has 0 saturated heterocycles. The topological polar surface area (TPSA) is 49.4 Å². The molecule has 2 rings (SSSR count). The van der Waals surface area contributed by atoms with Gasteiger partial charge in [-0.15, -0.1) is 0 Å². The Bertz CT molecular complexity index is 789. The van der Waals surface area contributed by atoms with Crippen molar-refractivity contribution in [2.75, 3.05) is 6.54 Å². The van der Waals surface area contributed by atoms with E-state index in [1.807, 2.05) is 13.8 Å². The van der Waals surface area contributed by atoms with Crippen LogP contribution in [0.5, 0.6) is 0 Å². The number of nitrogens with zero attached hydrogens (tertiary/aromatic N) is 1. The standard InChI is InChI=1S/C22H26F2N2O2/c1-15(2)13-25-22(28)16(3)26(14-18-6-10-20(24)11-7-18)21(27)12-17-4-8-19(23)9-5-17/h4-11,15-16H,12-14H2,1-3H3,(H,25,28)/t16-/m0/s1. The predicted molar refractivity (Wildman–Crippen MR) is 104 cm³/mol. The monoisotopic (exact) mass is 388 g/mol. The summed E-state index contributed by atoms with van der Waals surface area (Å²) in [5, 5.41) is 2.84. The lowest BCUT2D eigenvalue weighted by atomic mass is 10.1. The molecule has 0 aliphatic heterocycles. The van der Waals surface area contributed by atoms with Gasteiger partial charge in [0.15, 0.2) is 0 Å². The van der Waals surface area contributed by atoms with Gasteiger partial charge in [0.25, 0.3) is 0 Å². The van der Waals surface area contributed by atoms with Crippen LogP contribution in [0.4, 0.5) is 8.78 Å². The van der Waals surface area contributed by atoms with Gasteiger partial charge in [0.1, 0.15) is 17.7 Å². The van der Waals surface area contributed by atoms with E-state index in [2.05, 4.69) is 5.32 Å². The predicted octanol–water partition coefficient (Wildman–Crippen LogP) is 3.70. The number of halogens is 2. The van der Waals surface area contributed by atoms with Crippen molar-refractivity contribution in [1.82, 2.24) is 10.2 Å². The molecule has 0 radical (unpaired) electrons. The number of carbonyl (C=O) groups excluding carboxylic acids is 2. The number of rotatable bonds is 8. The molecule has 6 heteroatoms. The van der Waals surface area contributed by atoms with Crippen molar-refractivity contribution in [2.45, 2.75) is 39.8 Å². The quantitative estimate of drug-likeness (QED) is 0.750. The highest BCUT2D eigenvalue weighted by molar-refractivity contribution is 5.88. The minimum Gasteiger partial charge on any atom is -0.354 e. The number of hydrogen-bond acceptors (Lipinski definition) is 2. The summed E-state index contributed by atoms with van der Waals surface area (Å²) in [7, 11) is 0. The maximum Gasteiger partial charge on any atom is 0.242 e. The zero-order valence-corrected chi connectivity index (χ0v) is 16.4.